The number of rotatable bonds is 2. The predicted molar refractivity (Wildman–Crippen MR) is 86.1 cm³/mol. The minimum absolute atomic E-state index is 0.106. The lowest BCUT2D eigenvalue weighted by atomic mass is 10.1. The Labute approximate surface area is 133 Å². The van der Waals surface area contributed by atoms with Crippen molar-refractivity contribution in [2.45, 2.75) is 25.8 Å². The number of likely N-dealkylation sites (tertiary alicyclic amines) is 1. The molecule has 3 rings (SSSR count). The maximum atomic E-state index is 12.8. The number of halogens is 1. The molecule has 0 aliphatic carbocycles. The summed E-state index contributed by atoms with van der Waals surface area (Å²) in [6.07, 6.45) is 5.64. The molecule has 1 amide bonds. The van der Waals surface area contributed by atoms with Crippen LogP contribution in [0, 0.1) is 6.92 Å². The quantitative estimate of drug-likeness (QED) is 0.820. The Balaban J connectivity index is 1.88. The molecular formula is C17H17BrN2O. The van der Waals surface area contributed by atoms with Crippen LogP contribution in [0.5, 0.6) is 0 Å². The fourth-order valence-electron chi connectivity index (χ4n) is 2.83. The van der Waals surface area contributed by atoms with E-state index in [2.05, 4.69) is 20.9 Å². The van der Waals surface area contributed by atoms with E-state index in [1.807, 2.05) is 42.2 Å². The van der Waals surface area contributed by atoms with E-state index in [9.17, 15) is 4.79 Å². The van der Waals surface area contributed by atoms with E-state index in [0.717, 1.165) is 35.0 Å². The summed E-state index contributed by atoms with van der Waals surface area (Å²) in [5.41, 5.74) is 3.05. The molecule has 1 saturated heterocycles. The molecule has 2 aromatic rings. The number of carbonyl (C=O) groups excluding carboxylic acids is 1. The number of benzene rings is 1. The molecule has 1 aromatic carbocycles. The van der Waals surface area contributed by atoms with Gasteiger partial charge >= 0.3 is 0 Å². The number of hydrogen-bond donors (Lipinski definition) is 0. The second-order valence-corrected chi connectivity index (χ2v) is 6.26. The SMILES string of the molecule is Cc1ccc(C(=O)N2CCCC2c2ccncc2)cc1Br. The first-order valence-corrected chi connectivity index (χ1v) is 7.93. The van der Waals surface area contributed by atoms with E-state index in [0.29, 0.717) is 0 Å². The highest BCUT2D eigenvalue weighted by Crippen LogP contribution is 2.33. The minimum Gasteiger partial charge on any atom is -0.332 e. The van der Waals surface area contributed by atoms with Gasteiger partial charge in [-0.25, -0.2) is 0 Å². The molecule has 0 radical (unpaired) electrons. The van der Waals surface area contributed by atoms with E-state index in [1.54, 1.807) is 12.4 Å². The van der Waals surface area contributed by atoms with E-state index >= 15 is 0 Å². The first-order valence-electron chi connectivity index (χ1n) is 7.14. The van der Waals surface area contributed by atoms with Gasteiger partial charge in [0.1, 0.15) is 0 Å². The van der Waals surface area contributed by atoms with Crippen LogP contribution in [0.25, 0.3) is 0 Å². The zero-order chi connectivity index (χ0) is 14.8. The van der Waals surface area contributed by atoms with Crippen molar-refractivity contribution in [1.82, 2.24) is 9.88 Å². The van der Waals surface area contributed by atoms with Crippen LogP contribution in [0.3, 0.4) is 0 Å². The van der Waals surface area contributed by atoms with Crippen LogP contribution in [-0.2, 0) is 0 Å². The lowest BCUT2D eigenvalue weighted by Crippen LogP contribution is -2.30. The van der Waals surface area contributed by atoms with E-state index in [-0.39, 0.29) is 11.9 Å². The Bertz CT molecular complexity index is 657. The second kappa shape index (κ2) is 5.98. The lowest BCUT2D eigenvalue weighted by Gasteiger charge is -2.25. The summed E-state index contributed by atoms with van der Waals surface area (Å²) in [6, 6.07) is 9.97. The average molecular weight is 345 g/mol. The predicted octanol–water partition coefficient (Wildman–Crippen LogP) is 4.13. The van der Waals surface area contributed by atoms with Crippen molar-refractivity contribution in [3.63, 3.8) is 0 Å². The summed E-state index contributed by atoms with van der Waals surface area (Å²) in [5.74, 6) is 0.106. The lowest BCUT2D eigenvalue weighted by molar-refractivity contribution is 0.0735. The molecule has 1 atom stereocenters. The Hall–Kier alpha value is -1.68. The van der Waals surface area contributed by atoms with Crippen molar-refractivity contribution in [2.75, 3.05) is 6.54 Å². The van der Waals surface area contributed by atoms with Gasteiger partial charge in [-0.05, 0) is 55.2 Å². The molecule has 0 saturated carbocycles. The monoisotopic (exact) mass is 344 g/mol. The van der Waals surface area contributed by atoms with Gasteiger partial charge in [0, 0.05) is 29.0 Å². The van der Waals surface area contributed by atoms with Crippen molar-refractivity contribution in [3.8, 4) is 0 Å². The molecule has 0 N–H and O–H groups in total. The third-order valence-electron chi connectivity index (χ3n) is 4.02. The zero-order valence-corrected chi connectivity index (χ0v) is 13.5. The Morgan fingerprint density at radius 3 is 2.76 bits per heavy atom. The average Bonchev–Trinajstić information content (AvgIpc) is 2.99. The van der Waals surface area contributed by atoms with Gasteiger partial charge in [0.25, 0.3) is 5.91 Å². The molecule has 3 nitrogen and oxygen atoms in total. The number of amides is 1. The molecule has 1 fully saturated rings. The molecule has 2 heterocycles. The van der Waals surface area contributed by atoms with Crippen LogP contribution >= 0.6 is 15.9 Å². The van der Waals surface area contributed by atoms with Crippen LogP contribution in [-0.4, -0.2) is 22.3 Å². The maximum absolute atomic E-state index is 12.8. The van der Waals surface area contributed by atoms with Crippen LogP contribution in [0.1, 0.15) is 40.4 Å². The van der Waals surface area contributed by atoms with Gasteiger partial charge in [-0.3, -0.25) is 9.78 Å². The first kappa shape index (κ1) is 14.3. The Morgan fingerprint density at radius 1 is 1.29 bits per heavy atom. The summed E-state index contributed by atoms with van der Waals surface area (Å²) >= 11 is 3.50. The standard InChI is InChI=1S/C17H17BrN2O/c1-12-4-5-14(11-15(12)18)17(21)20-10-2-3-16(20)13-6-8-19-9-7-13/h4-9,11,16H,2-3,10H2,1H3. The molecule has 0 spiro atoms. The van der Waals surface area contributed by atoms with Gasteiger partial charge in [0.15, 0.2) is 0 Å². The van der Waals surface area contributed by atoms with Crippen molar-refractivity contribution in [1.29, 1.82) is 0 Å². The van der Waals surface area contributed by atoms with Gasteiger partial charge in [0.2, 0.25) is 0 Å². The largest absolute Gasteiger partial charge is 0.332 e. The maximum Gasteiger partial charge on any atom is 0.254 e. The van der Waals surface area contributed by atoms with Crippen LogP contribution < -0.4 is 0 Å². The minimum atomic E-state index is 0.106. The normalized spacial score (nSPS) is 18.0. The van der Waals surface area contributed by atoms with Crippen molar-refractivity contribution in [3.05, 3.63) is 63.9 Å². The van der Waals surface area contributed by atoms with Crippen LogP contribution in [0.15, 0.2) is 47.2 Å². The smallest absolute Gasteiger partial charge is 0.254 e. The van der Waals surface area contributed by atoms with Gasteiger partial charge in [-0.15, -0.1) is 0 Å². The van der Waals surface area contributed by atoms with Crippen molar-refractivity contribution >= 4 is 21.8 Å². The summed E-state index contributed by atoms with van der Waals surface area (Å²) in [6.45, 7) is 2.84. The number of nitrogens with zero attached hydrogens (tertiary/aromatic N) is 2. The Kier molecular flexibility index (Phi) is 4.06. The van der Waals surface area contributed by atoms with Crippen molar-refractivity contribution in [2.24, 2.45) is 0 Å². The summed E-state index contributed by atoms with van der Waals surface area (Å²) in [4.78, 5) is 18.8. The van der Waals surface area contributed by atoms with Crippen LogP contribution in [0.2, 0.25) is 0 Å². The first-order chi connectivity index (χ1) is 10.2. The molecule has 4 heteroatoms. The molecule has 0 bridgehead atoms. The molecule has 108 valence electrons. The summed E-state index contributed by atoms with van der Waals surface area (Å²) < 4.78 is 0.980. The van der Waals surface area contributed by atoms with E-state index in [1.165, 1.54) is 5.56 Å². The molecule has 1 aliphatic heterocycles. The van der Waals surface area contributed by atoms with E-state index < -0.39 is 0 Å². The fraction of sp³-hybridized carbons (Fsp3) is 0.294. The van der Waals surface area contributed by atoms with E-state index in [4.69, 9.17) is 0 Å². The molecule has 1 aliphatic rings. The zero-order valence-electron chi connectivity index (χ0n) is 11.9. The third-order valence-corrected chi connectivity index (χ3v) is 4.88. The number of hydrogen-bond acceptors (Lipinski definition) is 2. The summed E-state index contributed by atoms with van der Waals surface area (Å²) in [7, 11) is 0. The molecular weight excluding hydrogens is 328 g/mol. The molecule has 21 heavy (non-hydrogen) atoms. The number of aromatic nitrogens is 1. The highest BCUT2D eigenvalue weighted by atomic mass is 79.9. The number of pyridine rings is 1. The van der Waals surface area contributed by atoms with Crippen LogP contribution in [0.4, 0.5) is 0 Å². The van der Waals surface area contributed by atoms with Gasteiger partial charge in [-0.2, -0.15) is 0 Å². The molecule has 1 unspecified atom stereocenters. The topological polar surface area (TPSA) is 33.2 Å². The van der Waals surface area contributed by atoms with Gasteiger partial charge in [-0.1, -0.05) is 22.0 Å². The highest BCUT2D eigenvalue weighted by molar-refractivity contribution is 9.10. The number of aryl methyl sites for hydroxylation is 1. The number of carbonyl (C=O) groups is 1. The van der Waals surface area contributed by atoms with Crippen molar-refractivity contribution < 1.29 is 4.79 Å². The third kappa shape index (κ3) is 2.86. The fourth-order valence-corrected chi connectivity index (χ4v) is 3.21. The Morgan fingerprint density at radius 2 is 2.05 bits per heavy atom. The van der Waals surface area contributed by atoms with Gasteiger partial charge < -0.3 is 4.90 Å². The summed E-state index contributed by atoms with van der Waals surface area (Å²) in [5, 5.41) is 0. The van der Waals surface area contributed by atoms with Gasteiger partial charge in [0.05, 0.1) is 6.04 Å². The molecule has 1 aromatic heterocycles. The second-order valence-electron chi connectivity index (χ2n) is 5.40. The highest BCUT2D eigenvalue weighted by Gasteiger charge is 2.30.